The molecule has 0 radical (unpaired) electrons. The molecular weight excluding hydrogens is 499 g/mol. The molecule has 0 spiro atoms. The SMILES string of the molecule is CCC1CCCCN1C(=O)CC(NC(=O)N(C)Cc1ccccc1)C(=O)N[C@@H](C)c1nc2c(F)cccc2[nH]1. The molecule has 208 valence electrons. The number of fused-ring (bicyclic) bond motifs is 1. The summed E-state index contributed by atoms with van der Waals surface area (Å²) in [6.07, 6.45) is 3.61. The molecule has 3 atom stereocenters. The molecule has 3 N–H and O–H groups in total. The number of aromatic nitrogens is 2. The average molecular weight is 537 g/mol. The first kappa shape index (κ1) is 28.1. The van der Waals surface area contributed by atoms with Gasteiger partial charge in [-0.25, -0.2) is 14.2 Å². The lowest BCUT2D eigenvalue weighted by molar-refractivity contribution is -0.138. The number of H-pyrrole nitrogens is 1. The van der Waals surface area contributed by atoms with E-state index in [4.69, 9.17) is 0 Å². The maximum absolute atomic E-state index is 14.1. The molecule has 0 aliphatic carbocycles. The van der Waals surface area contributed by atoms with Gasteiger partial charge in [-0.05, 0) is 50.3 Å². The van der Waals surface area contributed by atoms with Crippen molar-refractivity contribution < 1.29 is 18.8 Å². The molecule has 39 heavy (non-hydrogen) atoms. The van der Waals surface area contributed by atoms with Crippen molar-refractivity contribution in [1.82, 2.24) is 30.4 Å². The summed E-state index contributed by atoms with van der Waals surface area (Å²) in [5, 5.41) is 5.61. The highest BCUT2D eigenvalue weighted by atomic mass is 19.1. The Morgan fingerprint density at radius 3 is 2.62 bits per heavy atom. The predicted molar refractivity (Wildman–Crippen MR) is 147 cm³/mol. The third kappa shape index (κ3) is 6.93. The summed E-state index contributed by atoms with van der Waals surface area (Å²) in [6.45, 7) is 4.76. The van der Waals surface area contributed by atoms with Crippen LogP contribution in [0.5, 0.6) is 0 Å². The van der Waals surface area contributed by atoms with Gasteiger partial charge in [0.15, 0.2) is 5.82 Å². The third-order valence-electron chi connectivity index (χ3n) is 7.27. The van der Waals surface area contributed by atoms with Gasteiger partial charge in [-0.3, -0.25) is 9.59 Å². The van der Waals surface area contributed by atoms with Crippen molar-refractivity contribution in [2.45, 2.75) is 70.6 Å². The summed E-state index contributed by atoms with van der Waals surface area (Å²) in [6, 6.07) is 12.1. The Balaban J connectivity index is 1.49. The van der Waals surface area contributed by atoms with Crippen LogP contribution in [0.3, 0.4) is 0 Å². The summed E-state index contributed by atoms with van der Waals surface area (Å²) in [4.78, 5) is 50.6. The van der Waals surface area contributed by atoms with Gasteiger partial charge in [0.1, 0.15) is 17.4 Å². The number of carbonyl (C=O) groups is 3. The van der Waals surface area contributed by atoms with Gasteiger partial charge in [0, 0.05) is 26.2 Å². The predicted octanol–water partition coefficient (Wildman–Crippen LogP) is 4.27. The Kier molecular flexibility index (Phi) is 9.16. The Labute approximate surface area is 228 Å². The van der Waals surface area contributed by atoms with E-state index in [0.717, 1.165) is 31.2 Å². The molecule has 2 unspecified atom stereocenters. The largest absolute Gasteiger partial charge is 0.345 e. The van der Waals surface area contributed by atoms with Crippen LogP contribution < -0.4 is 10.6 Å². The number of benzene rings is 2. The summed E-state index contributed by atoms with van der Waals surface area (Å²) >= 11 is 0. The number of amides is 4. The second-order valence-corrected chi connectivity index (χ2v) is 10.2. The number of aromatic amines is 1. The van der Waals surface area contributed by atoms with Gasteiger partial charge in [-0.15, -0.1) is 0 Å². The summed E-state index contributed by atoms with van der Waals surface area (Å²) in [7, 11) is 1.64. The van der Waals surface area contributed by atoms with Crippen LogP contribution in [0, 0.1) is 5.82 Å². The van der Waals surface area contributed by atoms with E-state index in [1.165, 1.54) is 11.0 Å². The Morgan fingerprint density at radius 2 is 1.90 bits per heavy atom. The molecular formula is C29H37FN6O3. The molecule has 9 nitrogen and oxygen atoms in total. The number of imidazole rings is 1. The first-order valence-corrected chi connectivity index (χ1v) is 13.6. The summed E-state index contributed by atoms with van der Waals surface area (Å²) in [5.41, 5.74) is 1.65. The molecule has 1 aliphatic heterocycles. The second-order valence-electron chi connectivity index (χ2n) is 10.2. The number of nitrogens with zero attached hydrogens (tertiary/aromatic N) is 3. The molecule has 10 heteroatoms. The van der Waals surface area contributed by atoms with Crippen LogP contribution in [0.2, 0.25) is 0 Å². The fourth-order valence-corrected chi connectivity index (χ4v) is 5.05. The fraction of sp³-hybridized carbons (Fsp3) is 0.448. The molecule has 0 saturated carbocycles. The first-order valence-electron chi connectivity index (χ1n) is 13.6. The number of nitrogens with one attached hydrogen (secondary N) is 3. The molecule has 2 aromatic carbocycles. The van der Waals surface area contributed by atoms with E-state index in [1.54, 1.807) is 26.1 Å². The fourth-order valence-electron chi connectivity index (χ4n) is 5.05. The number of halogens is 1. The summed E-state index contributed by atoms with van der Waals surface area (Å²) in [5.74, 6) is -0.754. The van der Waals surface area contributed by atoms with Crippen LogP contribution in [-0.2, 0) is 16.1 Å². The topological polar surface area (TPSA) is 110 Å². The van der Waals surface area contributed by atoms with Gasteiger partial charge in [0.2, 0.25) is 11.8 Å². The van der Waals surface area contributed by atoms with Crippen molar-refractivity contribution in [1.29, 1.82) is 0 Å². The second kappa shape index (κ2) is 12.7. The van der Waals surface area contributed by atoms with Gasteiger partial charge in [0.05, 0.1) is 18.0 Å². The Bertz CT molecular complexity index is 1300. The van der Waals surface area contributed by atoms with Crippen LogP contribution >= 0.6 is 0 Å². The van der Waals surface area contributed by atoms with E-state index < -0.39 is 29.8 Å². The molecule has 1 aliphatic rings. The standard InChI is InChI=1S/C29H37FN6O3/c1-4-21-13-8-9-16-36(21)25(37)17-24(33-29(39)35(3)18-20-11-6-5-7-12-20)28(38)31-19(2)27-32-23-15-10-14-22(30)26(23)34-27/h5-7,10-12,14-15,19,21,24H,4,8-9,13,16-18H2,1-3H3,(H,31,38)(H,32,34)(H,33,39)/t19-,21?,24?/m0/s1. The van der Waals surface area contributed by atoms with E-state index >= 15 is 0 Å². The molecule has 1 aromatic heterocycles. The van der Waals surface area contributed by atoms with Crippen LogP contribution in [0.25, 0.3) is 11.0 Å². The maximum atomic E-state index is 14.1. The number of piperidine rings is 1. The molecule has 4 rings (SSSR count). The lowest BCUT2D eigenvalue weighted by Crippen LogP contribution is -2.53. The van der Waals surface area contributed by atoms with Gasteiger partial charge in [-0.1, -0.05) is 43.3 Å². The minimum atomic E-state index is -1.09. The van der Waals surface area contributed by atoms with Crippen molar-refractivity contribution in [3.63, 3.8) is 0 Å². The van der Waals surface area contributed by atoms with Gasteiger partial charge in [0.25, 0.3) is 0 Å². The minimum Gasteiger partial charge on any atom is -0.345 e. The monoisotopic (exact) mass is 536 g/mol. The number of urea groups is 1. The third-order valence-corrected chi connectivity index (χ3v) is 7.27. The number of hydrogen-bond donors (Lipinski definition) is 3. The highest BCUT2D eigenvalue weighted by Crippen LogP contribution is 2.22. The van der Waals surface area contributed by atoms with Gasteiger partial charge >= 0.3 is 6.03 Å². The quantitative estimate of drug-likeness (QED) is 0.379. The number of likely N-dealkylation sites (tertiary alicyclic amines) is 1. The van der Waals surface area contributed by atoms with Crippen LogP contribution in [0.1, 0.15) is 63.4 Å². The Morgan fingerprint density at radius 1 is 1.13 bits per heavy atom. The number of hydrogen-bond acceptors (Lipinski definition) is 4. The average Bonchev–Trinajstić information content (AvgIpc) is 3.39. The van der Waals surface area contributed by atoms with E-state index in [0.29, 0.717) is 24.4 Å². The van der Waals surface area contributed by atoms with E-state index in [1.807, 2.05) is 35.2 Å². The smallest absolute Gasteiger partial charge is 0.318 e. The van der Waals surface area contributed by atoms with Gasteiger partial charge in [-0.2, -0.15) is 0 Å². The molecule has 1 fully saturated rings. The highest BCUT2D eigenvalue weighted by Gasteiger charge is 2.32. The molecule has 4 amide bonds. The van der Waals surface area contributed by atoms with Crippen molar-refractivity contribution >= 4 is 28.9 Å². The van der Waals surface area contributed by atoms with Crippen molar-refractivity contribution in [3.8, 4) is 0 Å². The van der Waals surface area contributed by atoms with Crippen molar-refractivity contribution in [3.05, 3.63) is 65.7 Å². The van der Waals surface area contributed by atoms with Crippen LogP contribution in [-0.4, -0.2) is 63.3 Å². The molecule has 1 saturated heterocycles. The zero-order chi connectivity index (χ0) is 27.9. The molecule has 2 heterocycles. The Hall–Kier alpha value is -3.95. The lowest BCUT2D eigenvalue weighted by atomic mass is 9.99. The first-order chi connectivity index (χ1) is 18.8. The normalized spacial score (nSPS) is 16.9. The maximum Gasteiger partial charge on any atom is 0.318 e. The van der Waals surface area contributed by atoms with E-state index in [9.17, 15) is 18.8 Å². The molecule has 0 bridgehead atoms. The lowest BCUT2D eigenvalue weighted by Gasteiger charge is -2.36. The van der Waals surface area contributed by atoms with Crippen LogP contribution in [0.15, 0.2) is 48.5 Å². The minimum absolute atomic E-state index is 0.135. The number of rotatable bonds is 9. The number of para-hydroxylation sites is 1. The van der Waals surface area contributed by atoms with E-state index in [2.05, 4.69) is 27.5 Å². The highest BCUT2D eigenvalue weighted by molar-refractivity contribution is 5.92. The van der Waals surface area contributed by atoms with Crippen molar-refractivity contribution in [2.24, 2.45) is 0 Å². The molecule has 3 aromatic rings. The summed E-state index contributed by atoms with van der Waals surface area (Å²) < 4.78 is 14.1. The van der Waals surface area contributed by atoms with Crippen LogP contribution in [0.4, 0.5) is 9.18 Å². The number of carbonyl (C=O) groups excluding carboxylic acids is 3. The van der Waals surface area contributed by atoms with Gasteiger partial charge < -0.3 is 25.4 Å². The van der Waals surface area contributed by atoms with E-state index in [-0.39, 0.29) is 23.9 Å². The zero-order valence-electron chi connectivity index (χ0n) is 22.7. The van der Waals surface area contributed by atoms with Crippen molar-refractivity contribution in [2.75, 3.05) is 13.6 Å². The zero-order valence-corrected chi connectivity index (χ0v) is 22.7.